The Kier molecular flexibility index (Phi) is 6.80. The number of carbonyl (C=O) groups excluding carboxylic acids is 2. The van der Waals surface area contributed by atoms with E-state index in [4.69, 9.17) is 27.9 Å². The third-order valence-corrected chi connectivity index (χ3v) is 9.33. The zero-order valence-corrected chi connectivity index (χ0v) is 23.6. The molecule has 3 unspecified atom stereocenters. The van der Waals surface area contributed by atoms with E-state index in [1.807, 2.05) is 30.3 Å². The van der Waals surface area contributed by atoms with Gasteiger partial charge in [-0.15, -0.1) is 0 Å². The molecule has 6 rings (SSSR count). The normalized spacial score (nSPS) is 28.1. The molecule has 10 heteroatoms. The van der Waals surface area contributed by atoms with E-state index in [1.165, 1.54) is 0 Å². The predicted molar refractivity (Wildman–Crippen MR) is 150 cm³/mol. The van der Waals surface area contributed by atoms with Gasteiger partial charge in [-0.25, -0.2) is 4.90 Å². The Morgan fingerprint density at radius 1 is 1.00 bits per heavy atom. The molecule has 200 valence electrons. The third kappa shape index (κ3) is 4.21. The standard InChI is InChI=1S/C29H23BrCl2N2O5/c30-18-7-9-19(10-8-18)34-26(35)23-24(27(34)36)29(28(37)38)13-20(39-15-16-4-2-1-3-5-16)14-33(29)25(23)17-6-11-21(31)22(32)12-17/h1-12,20,23-25H,13-15H2,(H,37,38)/t20?,23-,24-,25?,29?/m1/s1. The van der Waals surface area contributed by atoms with Gasteiger partial charge in [-0.05, 0) is 47.5 Å². The van der Waals surface area contributed by atoms with Gasteiger partial charge in [0.25, 0.3) is 0 Å². The first-order valence-electron chi connectivity index (χ1n) is 12.5. The van der Waals surface area contributed by atoms with Crippen molar-refractivity contribution < 1.29 is 24.2 Å². The summed E-state index contributed by atoms with van der Waals surface area (Å²) in [5, 5.41) is 11.4. The van der Waals surface area contributed by atoms with Crippen molar-refractivity contribution in [2.75, 3.05) is 11.4 Å². The SMILES string of the molecule is O=C1[C@H]2C(c3ccc(Cl)c(Cl)c3)N3CC(OCc4ccccc4)CC3(C(=O)O)[C@H]2C(=O)N1c1ccc(Br)cc1. The van der Waals surface area contributed by atoms with Crippen LogP contribution in [0.5, 0.6) is 0 Å². The number of carboxylic acid groups (broad SMARTS) is 1. The van der Waals surface area contributed by atoms with Gasteiger partial charge in [0.1, 0.15) is 5.54 Å². The van der Waals surface area contributed by atoms with E-state index in [0.717, 1.165) is 14.9 Å². The van der Waals surface area contributed by atoms with Crippen molar-refractivity contribution in [2.45, 2.75) is 30.7 Å². The van der Waals surface area contributed by atoms with Crippen LogP contribution in [0.15, 0.2) is 77.3 Å². The summed E-state index contributed by atoms with van der Waals surface area (Å²) in [7, 11) is 0. The minimum atomic E-state index is -1.63. The molecule has 0 saturated carbocycles. The number of imide groups is 1. The minimum Gasteiger partial charge on any atom is -0.480 e. The van der Waals surface area contributed by atoms with Crippen LogP contribution >= 0.6 is 39.1 Å². The fraction of sp³-hybridized carbons (Fsp3) is 0.276. The summed E-state index contributed by atoms with van der Waals surface area (Å²) in [6.07, 6.45) is -0.390. The van der Waals surface area contributed by atoms with E-state index in [1.54, 1.807) is 47.4 Å². The maximum atomic E-state index is 14.0. The molecule has 0 spiro atoms. The maximum absolute atomic E-state index is 14.0. The highest BCUT2D eigenvalue weighted by Gasteiger charge is 2.74. The number of rotatable bonds is 6. The number of halogens is 3. The van der Waals surface area contributed by atoms with Crippen LogP contribution in [0.2, 0.25) is 10.0 Å². The first kappa shape index (κ1) is 26.5. The van der Waals surface area contributed by atoms with Gasteiger partial charge < -0.3 is 9.84 Å². The van der Waals surface area contributed by atoms with Gasteiger partial charge in [-0.1, -0.05) is 75.5 Å². The topological polar surface area (TPSA) is 87.1 Å². The number of hydrogen-bond acceptors (Lipinski definition) is 5. The molecule has 0 aliphatic carbocycles. The lowest BCUT2D eigenvalue weighted by molar-refractivity contribution is -0.153. The summed E-state index contributed by atoms with van der Waals surface area (Å²) in [5.41, 5.74) is 0.364. The second-order valence-corrected chi connectivity index (χ2v) is 11.8. The van der Waals surface area contributed by atoms with E-state index in [-0.39, 0.29) is 18.0 Å². The van der Waals surface area contributed by atoms with E-state index < -0.39 is 47.3 Å². The minimum absolute atomic E-state index is 0.0708. The molecule has 2 amide bonds. The van der Waals surface area contributed by atoms with Crippen molar-refractivity contribution in [3.63, 3.8) is 0 Å². The fourth-order valence-electron chi connectivity index (χ4n) is 6.46. The molecule has 3 saturated heterocycles. The summed E-state index contributed by atoms with van der Waals surface area (Å²) in [5.74, 6) is -4.11. The molecule has 0 bridgehead atoms. The molecule has 3 aromatic rings. The number of fused-ring (bicyclic) bond motifs is 3. The number of hydrogen-bond donors (Lipinski definition) is 1. The van der Waals surface area contributed by atoms with Crippen LogP contribution in [-0.2, 0) is 25.7 Å². The van der Waals surface area contributed by atoms with Crippen molar-refractivity contribution in [3.8, 4) is 0 Å². The van der Waals surface area contributed by atoms with Gasteiger partial charge in [0.2, 0.25) is 11.8 Å². The highest BCUT2D eigenvalue weighted by molar-refractivity contribution is 9.10. The molecular formula is C29H23BrCl2N2O5. The number of benzene rings is 3. The van der Waals surface area contributed by atoms with Gasteiger partial charge in [0.15, 0.2) is 0 Å². The van der Waals surface area contributed by atoms with Crippen molar-refractivity contribution in [3.05, 3.63) is 98.4 Å². The van der Waals surface area contributed by atoms with Crippen LogP contribution in [0.4, 0.5) is 5.69 Å². The second kappa shape index (κ2) is 10.0. The molecule has 39 heavy (non-hydrogen) atoms. The van der Waals surface area contributed by atoms with Gasteiger partial charge in [-0.2, -0.15) is 0 Å². The van der Waals surface area contributed by atoms with E-state index in [2.05, 4.69) is 15.9 Å². The highest BCUT2D eigenvalue weighted by Crippen LogP contribution is 2.60. The maximum Gasteiger partial charge on any atom is 0.325 e. The molecule has 1 N–H and O–H groups in total. The largest absolute Gasteiger partial charge is 0.480 e. The van der Waals surface area contributed by atoms with Gasteiger partial charge in [0.05, 0.1) is 40.3 Å². The smallest absolute Gasteiger partial charge is 0.325 e. The first-order chi connectivity index (χ1) is 18.7. The van der Waals surface area contributed by atoms with Gasteiger partial charge in [-0.3, -0.25) is 19.3 Å². The number of ether oxygens (including phenoxy) is 1. The lowest BCUT2D eigenvalue weighted by Gasteiger charge is -2.34. The molecule has 3 aliphatic rings. The molecule has 3 aromatic carbocycles. The van der Waals surface area contributed by atoms with Crippen LogP contribution in [-0.4, -0.2) is 46.0 Å². The Labute approximate surface area is 243 Å². The lowest BCUT2D eigenvalue weighted by atomic mass is 9.77. The first-order valence-corrected chi connectivity index (χ1v) is 14.0. The number of nitrogens with zero attached hydrogens (tertiary/aromatic N) is 2. The molecule has 3 heterocycles. The number of aliphatic carboxylic acids is 1. The zero-order chi connectivity index (χ0) is 27.5. The lowest BCUT2D eigenvalue weighted by Crippen LogP contribution is -2.54. The van der Waals surface area contributed by atoms with Crippen molar-refractivity contribution in [1.82, 2.24) is 4.90 Å². The predicted octanol–water partition coefficient (Wildman–Crippen LogP) is 5.73. The molecule has 0 radical (unpaired) electrons. The van der Waals surface area contributed by atoms with E-state index >= 15 is 0 Å². The average molecular weight is 630 g/mol. The molecule has 3 fully saturated rings. The van der Waals surface area contributed by atoms with Crippen molar-refractivity contribution in [2.24, 2.45) is 11.8 Å². The van der Waals surface area contributed by atoms with Crippen LogP contribution < -0.4 is 4.90 Å². The van der Waals surface area contributed by atoms with Gasteiger partial charge >= 0.3 is 5.97 Å². The quantitative estimate of drug-likeness (QED) is 0.351. The number of anilines is 1. The number of amides is 2. The Balaban J connectivity index is 1.43. The van der Waals surface area contributed by atoms with Gasteiger partial charge in [0, 0.05) is 23.5 Å². The summed E-state index contributed by atoms with van der Waals surface area (Å²) >= 11 is 15.9. The number of carbonyl (C=O) groups is 3. The summed E-state index contributed by atoms with van der Waals surface area (Å²) < 4.78 is 6.99. The average Bonchev–Trinajstić information content (AvgIpc) is 3.51. The Morgan fingerprint density at radius 3 is 2.38 bits per heavy atom. The van der Waals surface area contributed by atoms with Crippen molar-refractivity contribution >= 4 is 62.6 Å². The van der Waals surface area contributed by atoms with Crippen LogP contribution in [0, 0.1) is 11.8 Å². The fourth-order valence-corrected chi connectivity index (χ4v) is 7.03. The monoisotopic (exact) mass is 628 g/mol. The van der Waals surface area contributed by atoms with Crippen molar-refractivity contribution in [1.29, 1.82) is 0 Å². The Bertz CT molecular complexity index is 1470. The number of carboxylic acids is 1. The summed E-state index contributed by atoms with van der Waals surface area (Å²) in [6.45, 7) is 0.550. The molecule has 0 aromatic heterocycles. The zero-order valence-electron chi connectivity index (χ0n) is 20.5. The van der Waals surface area contributed by atoms with Crippen LogP contribution in [0.25, 0.3) is 0 Å². The van der Waals surface area contributed by atoms with E-state index in [0.29, 0.717) is 22.9 Å². The molecule has 3 aliphatic heterocycles. The van der Waals surface area contributed by atoms with E-state index in [9.17, 15) is 19.5 Å². The summed E-state index contributed by atoms with van der Waals surface area (Å²) in [6, 6.07) is 20.7. The second-order valence-electron chi connectivity index (χ2n) is 10.1. The Morgan fingerprint density at radius 2 is 1.72 bits per heavy atom. The molecular weight excluding hydrogens is 607 g/mol. The Hall–Kier alpha value is -2.75. The summed E-state index contributed by atoms with van der Waals surface area (Å²) in [4.78, 5) is 44.1. The molecule has 5 atom stereocenters. The van der Waals surface area contributed by atoms with Crippen LogP contribution in [0.1, 0.15) is 23.6 Å². The highest BCUT2D eigenvalue weighted by atomic mass is 79.9. The van der Waals surface area contributed by atoms with Crippen LogP contribution in [0.3, 0.4) is 0 Å². The molecule has 7 nitrogen and oxygen atoms in total. The third-order valence-electron chi connectivity index (χ3n) is 8.06.